The molecule has 0 aromatic heterocycles. The molecule has 1 heterocycles. The van der Waals surface area contributed by atoms with E-state index in [-0.39, 0.29) is 5.91 Å². The number of ether oxygens (including phenoxy) is 2. The number of benzene rings is 2. The number of hydrogen-bond acceptors (Lipinski definition) is 5. The minimum atomic E-state index is -0.0924. The van der Waals surface area contributed by atoms with Crippen LogP contribution in [0.25, 0.3) is 0 Å². The van der Waals surface area contributed by atoms with Gasteiger partial charge in [-0.15, -0.1) is 0 Å². The molecule has 1 amide bonds. The van der Waals surface area contributed by atoms with E-state index < -0.39 is 0 Å². The molecule has 0 bridgehead atoms. The van der Waals surface area contributed by atoms with Crippen LogP contribution in [0.1, 0.15) is 55.5 Å². The van der Waals surface area contributed by atoms with Gasteiger partial charge in [-0.3, -0.25) is 4.79 Å². The maximum absolute atomic E-state index is 12.8. The maximum Gasteiger partial charge on any atom is 0.251 e. The molecule has 1 saturated carbocycles. The van der Waals surface area contributed by atoms with Gasteiger partial charge in [0.2, 0.25) is 0 Å². The summed E-state index contributed by atoms with van der Waals surface area (Å²) < 4.78 is 10.7. The quantitative estimate of drug-likeness (QED) is 0.354. The SMILES string of the molecule is COc1ccc(CCNC(=O)c2ccc(N/C(=N/C3CCC(C)CC3)N3CCN[C@@H](C)C3)cc2)c(OC)c1. The Balaban J connectivity index is 1.36. The Morgan fingerprint density at radius 1 is 1.05 bits per heavy atom. The molecule has 8 heteroatoms. The Morgan fingerprint density at radius 2 is 1.82 bits per heavy atom. The molecule has 2 aliphatic rings. The third-order valence-electron chi connectivity index (χ3n) is 7.54. The van der Waals surface area contributed by atoms with Crippen LogP contribution < -0.4 is 25.4 Å². The molecule has 2 aromatic rings. The van der Waals surface area contributed by atoms with Crippen molar-refractivity contribution in [3.63, 3.8) is 0 Å². The van der Waals surface area contributed by atoms with Gasteiger partial charge in [0.05, 0.1) is 20.3 Å². The van der Waals surface area contributed by atoms with Crippen LogP contribution in [0.5, 0.6) is 11.5 Å². The summed E-state index contributed by atoms with van der Waals surface area (Å²) in [5.41, 5.74) is 2.60. The number of anilines is 1. The number of nitrogens with one attached hydrogen (secondary N) is 3. The zero-order valence-electron chi connectivity index (χ0n) is 23.3. The molecule has 206 valence electrons. The third kappa shape index (κ3) is 7.63. The van der Waals surface area contributed by atoms with Gasteiger partial charge in [0.15, 0.2) is 5.96 Å². The van der Waals surface area contributed by atoms with Crippen LogP contribution in [0.2, 0.25) is 0 Å². The summed E-state index contributed by atoms with van der Waals surface area (Å²) in [6.07, 6.45) is 5.45. The van der Waals surface area contributed by atoms with Crippen molar-refractivity contribution in [2.45, 2.75) is 58.0 Å². The lowest BCUT2D eigenvalue weighted by molar-refractivity contribution is 0.0954. The van der Waals surface area contributed by atoms with E-state index >= 15 is 0 Å². The van der Waals surface area contributed by atoms with Gasteiger partial charge in [-0.1, -0.05) is 13.0 Å². The number of nitrogens with zero attached hydrogens (tertiary/aromatic N) is 2. The number of rotatable bonds is 8. The predicted molar refractivity (Wildman–Crippen MR) is 154 cm³/mol. The molecule has 1 aliphatic carbocycles. The first-order valence-electron chi connectivity index (χ1n) is 13.9. The summed E-state index contributed by atoms with van der Waals surface area (Å²) in [6.45, 7) is 7.87. The van der Waals surface area contributed by atoms with Gasteiger partial charge in [-0.25, -0.2) is 4.99 Å². The average Bonchev–Trinajstić information content (AvgIpc) is 2.94. The van der Waals surface area contributed by atoms with Crippen LogP contribution >= 0.6 is 0 Å². The summed E-state index contributed by atoms with van der Waals surface area (Å²) >= 11 is 0. The first-order valence-corrected chi connectivity index (χ1v) is 13.9. The predicted octanol–water partition coefficient (Wildman–Crippen LogP) is 4.32. The summed E-state index contributed by atoms with van der Waals surface area (Å²) in [5, 5.41) is 10.1. The lowest BCUT2D eigenvalue weighted by Crippen LogP contribution is -2.53. The normalized spacial score (nSPS) is 22.1. The largest absolute Gasteiger partial charge is 0.497 e. The number of methoxy groups -OCH3 is 2. The fourth-order valence-electron chi connectivity index (χ4n) is 5.17. The minimum Gasteiger partial charge on any atom is -0.497 e. The summed E-state index contributed by atoms with van der Waals surface area (Å²) in [6, 6.07) is 14.2. The number of aliphatic imine (C=N–C) groups is 1. The van der Waals surface area contributed by atoms with Crippen molar-refractivity contribution in [3.05, 3.63) is 53.6 Å². The summed E-state index contributed by atoms with van der Waals surface area (Å²) in [4.78, 5) is 20.3. The van der Waals surface area contributed by atoms with E-state index in [1.807, 2.05) is 42.5 Å². The molecular weight excluding hydrogens is 478 g/mol. The molecule has 3 N–H and O–H groups in total. The number of piperazine rings is 1. The molecule has 1 aliphatic heterocycles. The van der Waals surface area contributed by atoms with Gasteiger partial charge in [-0.05, 0) is 80.8 Å². The molecular formula is C30H43N5O3. The fourth-order valence-corrected chi connectivity index (χ4v) is 5.17. The second kappa shape index (κ2) is 13.5. The van der Waals surface area contributed by atoms with Crippen LogP contribution in [-0.4, -0.2) is 69.2 Å². The van der Waals surface area contributed by atoms with E-state index in [1.165, 1.54) is 12.8 Å². The van der Waals surface area contributed by atoms with Crippen molar-refractivity contribution in [2.24, 2.45) is 10.9 Å². The smallest absolute Gasteiger partial charge is 0.251 e. The molecule has 1 saturated heterocycles. The lowest BCUT2D eigenvalue weighted by atomic mass is 9.88. The number of amides is 1. The molecule has 2 fully saturated rings. The Labute approximate surface area is 227 Å². The molecule has 0 radical (unpaired) electrons. The van der Waals surface area contributed by atoms with Gasteiger partial charge < -0.3 is 30.3 Å². The molecule has 4 rings (SSSR count). The summed E-state index contributed by atoms with van der Waals surface area (Å²) in [5.74, 6) is 3.16. The van der Waals surface area contributed by atoms with Gasteiger partial charge in [-0.2, -0.15) is 0 Å². The molecule has 1 atom stereocenters. The van der Waals surface area contributed by atoms with Crippen molar-refractivity contribution < 1.29 is 14.3 Å². The zero-order valence-corrected chi connectivity index (χ0v) is 23.3. The molecule has 38 heavy (non-hydrogen) atoms. The highest BCUT2D eigenvalue weighted by molar-refractivity contribution is 5.96. The van der Waals surface area contributed by atoms with Crippen LogP contribution in [0.4, 0.5) is 5.69 Å². The lowest BCUT2D eigenvalue weighted by Gasteiger charge is -2.35. The molecule has 2 aromatic carbocycles. The first-order chi connectivity index (χ1) is 18.4. The van der Waals surface area contributed by atoms with Crippen molar-refractivity contribution in [1.82, 2.24) is 15.5 Å². The highest BCUT2D eigenvalue weighted by Crippen LogP contribution is 2.27. The van der Waals surface area contributed by atoms with Gasteiger partial charge in [0.1, 0.15) is 11.5 Å². The average molecular weight is 522 g/mol. The zero-order chi connectivity index (χ0) is 26.9. The molecule has 0 unspecified atom stereocenters. The fraction of sp³-hybridized carbons (Fsp3) is 0.533. The monoisotopic (exact) mass is 521 g/mol. The summed E-state index contributed by atoms with van der Waals surface area (Å²) in [7, 11) is 3.27. The van der Waals surface area contributed by atoms with E-state index in [0.29, 0.717) is 30.6 Å². The minimum absolute atomic E-state index is 0.0924. The van der Waals surface area contributed by atoms with E-state index in [9.17, 15) is 4.79 Å². The topological polar surface area (TPSA) is 87.2 Å². The Morgan fingerprint density at radius 3 is 2.50 bits per heavy atom. The van der Waals surface area contributed by atoms with E-state index in [0.717, 1.165) is 67.1 Å². The Kier molecular flexibility index (Phi) is 9.87. The first kappa shape index (κ1) is 27.8. The number of guanidine groups is 1. The van der Waals surface area contributed by atoms with Crippen LogP contribution in [0.3, 0.4) is 0 Å². The van der Waals surface area contributed by atoms with Crippen molar-refractivity contribution in [3.8, 4) is 11.5 Å². The number of carbonyl (C=O) groups is 1. The second-order valence-corrected chi connectivity index (χ2v) is 10.6. The van der Waals surface area contributed by atoms with Crippen LogP contribution in [0.15, 0.2) is 47.5 Å². The third-order valence-corrected chi connectivity index (χ3v) is 7.54. The van der Waals surface area contributed by atoms with E-state index in [1.54, 1.807) is 14.2 Å². The second-order valence-electron chi connectivity index (χ2n) is 10.6. The highest BCUT2D eigenvalue weighted by Gasteiger charge is 2.23. The van der Waals surface area contributed by atoms with E-state index in [2.05, 4.69) is 34.7 Å². The number of hydrogen-bond donors (Lipinski definition) is 3. The number of carbonyl (C=O) groups excluding carboxylic acids is 1. The molecule has 8 nitrogen and oxygen atoms in total. The van der Waals surface area contributed by atoms with Gasteiger partial charge >= 0.3 is 0 Å². The van der Waals surface area contributed by atoms with Gasteiger partial charge in [0.25, 0.3) is 5.91 Å². The Hall–Kier alpha value is -3.26. The standard InChI is InChI=1S/C30H43N5O3/c1-21-5-10-25(11-6-21)33-30(35-18-17-31-22(2)20-35)34-26-12-7-24(8-13-26)29(36)32-16-15-23-9-14-27(37-3)19-28(23)38-4/h7-9,12-14,19,21-22,25,31H,5-6,10-11,15-18,20H2,1-4H3,(H,32,36)(H,33,34)/t21?,22-,25?/m0/s1. The maximum atomic E-state index is 12.8. The Bertz CT molecular complexity index is 1080. The van der Waals surface area contributed by atoms with Crippen LogP contribution in [-0.2, 0) is 6.42 Å². The van der Waals surface area contributed by atoms with Crippen LogP contribution in [0, 0.1) is 5.92 Å². The van der Waals surface area contributed by atoms with E-state index in [4.69, 9.17) is 14.5 Å². The highest BCUT2D eigenvalue weighted by atomic mass is 16.5. The van der Waals surface area contributed by atoms with Crippen molar-refractivity contribution in [2.75, 3.05) is 45.7 Å². The van der Waals surface area contributed by atoms with Crippen molar-refractivity contribution in [1.29, 1.82) is 0 Å². The van der Waals surface area contributed by atoms with Gasteiger partial charge in [0, 0.05) is 49.5 Å². The van der Waals surface area contributed by atoms with Crippen molar-refractivity contribution >= 4 is 17.6 Å². The molecule has 0 spiro atoms.